The van der Waals surface area contributed by atoms with Crippen LogP contribution >= 0.6 is 0 Å². The Morgan fingerprint density at radius 1 is 0.906 bits per heavy atom. The van der Waals surface area contributed by atoms with Gasteiger partial charge in [0.1, 0.15) is 5.60 Å². The molecule has 0 aromatic heterocycles. The third kappa shape index (κ3) is 8.23. The van der Waals surface area contributed by atoms with Crippen LogP contribution in [0.2, 0.25) is 0 Å². The molecular weight excluding hydrogens is 442 g/mol. The zero-order valence-electron chi connectivity index (χ0n) is 17.9. The molecule has 0 heterocycles. The van der Waals surface area contributed by atoms with Gasteiger partial charge in [0.2, 0.25) is 5.91 Å². The van der Waals surface area contributed by atoms with Crippen LogP contribution in [0.25, 0.3) is 0 Å². The maximum atomic E-state index is 12.9. The van der Waals surface area contributed by atoms with Crippen molar-refractivity contribution in [3.8, 4) is 0 Å². The molecule has 0 bridgehead atoms. The lowest BCUT2D eigenvalue weighted by molar-refractivity contribution is -0.143. The Labute approximate surface area is 181 Å². The first-order valence-corrected chi connectivity index (χ1v) is 10.1. The number of halogens is 6. The fraction of sp³-hybridized carbons (Fsp3) is 0.619. The number of rotatable bonds is 4. The number of carbonyl (C=O) groups is 2. The molecule has 32 heavy (non-hydrogen) atoms. The van der Waals surface area contributed by atoms with Crippen LogP contribution in [-0.4, -0.2) is 23.6 Å². The summed E-state index contributed by atoms with van der Waals surface area (Å²) >= 11 is 0. The number of hydrogen-bond acceptors (Lipinski definition) is 3. The first kappa shape index (κ1) is 25.8. The van der Waals surface area contributed by atoms with E-state index >= 15 is 0 Å². The van der Waals surface area contributed by atoms with E-state index in [0.29, 0.717) is 37.8 Å². The first-order chi connectivity index (χ1) is 14.5. The van der Waals surface area contributed by atoms with Crippen molar-refractivity contribution in [1.29, 1.82) is 0 Å². The fourth-order valence-corrected chi connectivity index (χ4v) is 3.49. The highest BCUT2D eigenvalue weighted by Gasteiger charge is 2.37. The lowest BCUT2D eigenvalue weighted by atomic mass is 9.84. The molecule has 0 spiro atoms. The molecule has 1 saturated carbocycles. The second kappa shape index (κ2) is 9.58. The molecule has 2 rings (SSSR count). The average molecular weight is 468 g/mol. The van der Waals surface area contributed by atoms with Crippen LogP contribution in [0, 0.1) is 5.92 Å². The lowest BCUT2D eigenvalue weighted by Gasteiger charge is -2.29. The van der Waals surface area contributed by atoms with Gasteiger partial charge in [-0.2, -0.15) is 26.3 Å². The van der Waals surface area contributed by atoms with Gasteiger partial charge < -0.3 is 15.4 Å². The van der Waals surface area contributed by atoms with Crippen molar-refractivity contribution in [1.82, 2.24) is 5.32 Å². The Hall–Kier alpha value is -2.46. The van der Waals surface area contributed by atoms with Gasteiger partial charge in [0, 0.05) is 18.2 Å². The minimum atomic E-state index is -4.99. The van der Waals surface area contributed by atoms with Crippen LogP contribution in [0.15, 0.2) is 18.2 Å². The van der Waals surface area contributed by atoms with E-state index < -0.39 is 46.8 Å². The van der Waals surface area contributed by atoms with E-state index in [4.69, 9.17) is 4.74 Å². The molecule has 2 N–H and O–H groups in total. The molecule has 1 aliphatic carbocycles. The largest absolute Gasteiger partial charge is 0.444 e. The number of anilines is 1. The van der Waals surface area contributed by atoms with Crippen LogP contribution in [0.1, 0.15) is 64.0 Å². The molecule has 0 radical (unpaired) electrons. The monoisotopic (exact) mass is 468 g/mol. The van der Waals surface area contributed by atoms with Gasteiger partial charge in [0.05, 0.1) is 11.1 Å². The summed E-state index contributed by atoms with van der Waals surface area (Å²) in [6, 6.07) is 0.847. The van der Waals surface area contributed by atoms with Gasteiger partial charge in [0.25, 0.3) is 0 Å². The molecule has 11 heteroatoms. The molecule has 1 aliphatic rings. The summed E-state index contributed by atoms with van der Waals surface area (Å²) in [5, 5.41) is 4.91. The highest BCUT2D eigenvalue weighted by atomic mass is 19.4. The Morgan fingerprint density at radius 2 is 1.41 bits per heavy atom. The molecule has 0 atom stereocenters. The number of amides is 2. The smallest absolute Gasteiger partial charge is 0.416 e. The molecule has 0 aliphatic heterocycles. The van der Waals surface area contributed by atoms with E-state index in [1.807, 2.05) is 0 Å². The molecule has 1 fully saturated rings. The zero-order valence-corrected chi connectivity index (χ0v) is 17.9. The van der Waals surface area contributed by atoms with Crippen molar-refractivity contribution in [2.45, 2.75) is 76.9 Å². The second-order valence-electron chi connectivity index (χ2n) is 8.91. The van der Waals surface area contributed by atoms with Gasteiger partial charge in [-0.15, -0.1) is 0 Å². The van der Waals surface area contributed by atoms with Crippen molar-refractivity contribution >= 4 is 17.7 Å². The van der Waals surface area contributed by atoms with Crippen molar-refractivity contribution in [3.63, 3.8) is 0 Å². The first-order valence-electron chi connectivity index (χ1n) is 10.1. The predicted molar refractivity (Wildman–Crippen MR) is 105 cm³/mol. The molecular formula is C21H26F6N2O3. The third-order valence-corrected chi connectivity index (χ3v) is 4.91. The predicted octanol–water partition coefficient (Wildman–Crippen LogP) is 6.14. The van der Waals surface area contributed by atoms with E-state index in [2.05, 4.69) is 10.6 Å². The van der Waals surface area contributed by atoms with Crippen molar-refractivity contribution in [3.05, 3.63) is 29.3 Å². The minimum absolute atomic E-state index is 0.00853. The molecule has 1 aromatic carbocycles. The quantitative estimate of drug-likeness (QED) is 0.522. The molecule has 5 nitrogen and oxygen atoms in total. The number of benzene rings is 1. The highest BCUT2D eigenvalue weighted by Crippen LogP contribution is 2.37. The van der Waals surface area contributed by atoms with Crippen LogP contribution in [0.3, 0.4) is 0 Å². The van der Waals surface area contributed by atoms with E-state index in [9.17, 15) is 35.9 Å². The molecule has 1 aromatic rings. The van der Waals surface area contributed by atoms with Crippen LogP contribution in [-0.2, 0) is 21.9 Å². The topological polar surface area (TPSA) is 67.4 Å². The number of alkyl carbamates (subject to hydrolysis) is 1. The van der Waals surface area contributed by atoms with Crippen LogP contribution in [0.4, 0.5) is 36.8 Å². The number of nitrogens with one attached hydrogen (secondary N) is 2. The van der Waals surface area contributed by atoms with Crippen molar-refractivity contribution in [2.24, 2.45) is 5.92 Å². The second-order valence-corrected chi connectivity index (χ2v) is 8.91. The zero-order chi connectivity index (χ0) is 24.3. The molecule has 180 valence electrons. The Bertz CT molecular complexity index is 790. The SMILES string of the molecule is CC(C)(C)OC(=O)NC1CCC(CC(=O)Nc2cc(C(F)(F)F)cc(C(F)(F)F)c2)CC1. The Morgan fingerprint density at radius 3 is 1.84 bits per heavy atom. The fourth-order valence-electron chi connectivity index (χ4n) is 3.49. The maximum absolute atomic E-state index is 12.9. The van der Waals surface area contributed by atoms with Gasteiger partial charge in [-0.3, -0.25) is 4.79 Å². The molecule has 0 unspecified atom stereocenters. The number of carbonyl (C=O) groups excluding carboxylic acids is 2. The van der Waals surface area contributed by atoms with Gasteiger partial charge in [0.15, 0.2) is 0 Å². The maximum Gasteiger partial charge on any atom is 0.416 e. The Kier molecular flexibility index (Phi) is 7.72. The summed E-state index contributed by atoms with van der Waals surface area (Å²) in [5.41, 5.74) is -4.17. The standard InChI is InChI=1S/C21H26F6N2O3/c1-19(2,3)32-18(31)29-15-6-4-12(5-7-15)8-17(30)28-16-10-13(20(22,23)24)9-14(11-16)21(25,26)27/h9-12,15H,4-8H2,1-3H3,(H,28,30)(H,29,31). The van der Waals surface area contributed by atoms with E-state index in [1.165, 1.54) is 0 Å². The highest BCUT2D eigenvalue weighted by molar-refractivity contribution is 5.91. The third-order valence-electron chi connectivity index (χ3n) is 4.91. The normalized spacial score (nSPS) is 19.9. The van der Waals surface area contributed by atoms with Gasteiger partial charge in [-0.1, -0.05) is 0 Å². The molecule has 0 saturated heterocycles. The van der Waals surface area contributed by atoms with E-state index in [1.54, 1.807) is 20.8 Å². The summed E-state index contributed by atoms with van der Waals surface area (Å²) in [5.74, 6) is -0.763. The number of alkyl halides is 6. The summed E-state index contributed by atoms with van der Waals surface area (Å²) in [6.45, 7) is 5.22. The summed E-state index contributed by atoms with van der Waals surface area (Å²) < 4.78 is 82.9. The summed E-state index contributed by atoms with van der Waals surface area (Å²) in [4.78, 5) is 24.1. The minimum Gasteiger partial charge on any atom is -0.444 e. The van der Waals surface area contributed by atoms with Crippen LogP contribution < -0.4 is 10.6 Å². The van der Waals surface area contributed by atoms with Gasteiger partial charge in [-0.25, -0.2) is 4.79 Å². The van der Waals surface area contributed by atoms with Gasteiger partial charge >= 0.3 is 18.4 Å². The van der Waals surface area contributed by atoms with Crippen molar-refractivity contribution in [2.75, 3.05) is 5.32 Å². The summed E-state index contributed by atoms with van der Waals surface area (Å²) in [7, 11) is 0. The van der Waals surface area contributed by atoms with Crippen LogP contribution in [0.5, 0.6) is 0 Å². The van der Waals surface area contributed by atoms with Crippen molar-refractivity contribution < 1.29 is 40.7 Å². The average Bonchev–Trinajstić information content (AvgIpc) is 2.60. The number of ether oxygens (including phenoxy) is 1. The lowest BCUT2D eigenvalue weighted by Crippen LogP contribution is -2.41. The molecule has 2 amide bonds. The Balaban J connectivity index is 1.93. The van der Waals surface area contributed by atoms with Gasteiger partial charge in [-0.05, 0) is 70.6 Å². The van der Waals surface area contributed by atoms with E-state index in [-0.39, 0.29) is 24.4 Å². The number of hydrogen-bond donors (Lipinski definition) is 2. The van der Waals surface area contributed by atoms with E-state index in [0.717, 1.165) is 0 Å². The summed E-state index contributed by atoms with van der Waals surface area (Å²) in [6.07, 6.45) is -8.24.